The number of carbonyl (C=O) groups excluding carboxylic acids is 1. The molecule has 2 saturated heterocycles. The average molecular weight is 307 g/mol. The molecule has 1 atom stereocenters. The third-order valence-corrected chi connectivity index (χ3v) is 5.70. The van der Waals surface area contributed by atoms with Crippen molar-refractivity contribution in [3.63, 3.8) is 0 Å². The minimum Gasteiger partial charge on any atom is -0.342 e. The fraction of sp³-hybridized carbons (Fsp3) is 0.944. The van der Waals surface area contributed by atoms with Crippen LogP contribution in [0.25, 0.3) is 0 Å². The number of nitrogens with zero attached hydrogens (tertiary/aromatic N) is 2. The third-order valence-electron chi connectivity index (χ3n) is 5.70. The quantitative estimate of drug-likeness (QED) is 0.781. The molecule has 0 aromatic heterocycles. The number of amides is 1. The molecule has 1 aliphatic carbocycles. The first-order chi connectivity index (χ1) is 10.7. The molecule has 3 aliphatic rings. The number of nitrogens with one attached hydrogen (secondary N) is 1. The van der Waals surface area contributed by atoms with Crippen LogP contribution in [0.5, 0.6) is 0 Å². The zero-order valence-electron chi connectivity index (χ0n) is 14.2. The van der Waals surface area contributed by atoms with Crippen LogP contribution >= 0.6 is 0 Å². The Morgan fingerprint density at radius 3 is 2.50 bits per heavy atom. The smallest absolute Gasteiger partial charge is 0.222 e. The Labute approximate surface area is 135 Å². The SMILES string of the molecule is CN(CC1CC1)CC1CCN(C(=O)CCC2CCNCC2)C1. The third kappa shape index (κ3) is 4.95. The molecule has 0 bridgehead atoms. The van der Waals surface area contributed by atoms with Gasteiger partial charge in [-0.25, -0.2) is 0 Å². The molecule has 0 aromatic carbocycles. The van der Waals surface area contributed by atoms with E-state index in [4.69, 9.17) is 0 Å². The van der Waals surface area contributed by atoms with Crippen LogP contribution < -0.4 is 5.32 Å². The van der Waals surface area contributed by atoms with Gasteiger partial charge in [-0.3, -0.25) is 4.79 Å². The van der Waals surface area contributed by atoms with E-state index in [0.29, 0.717) is 11.8 Å². The standard InChI is InChI=1S/C18H33N3O/c1-20(12-16-2-3-16)13-17-8-11-21(14-17)18(22)5-4-15-6-9-19-10-7-15/h15-17,19H,2-14H2,1H3. The largest absolute Gasteiger partial charge is 0.342 e. The lowest BCUT2D eigenvalue weighted by molar-refractivity contribution is -0.130. The molecular formula is C18H33N3O. The number of carbonyl (C=O) groups is 1. The molecule has 22 heavy (non-hydrogen) atoms. The lowest BCUT2D eigenvalue weighted by Crippen LogP contribution is -2.33. The summed E-state index contributed by atoms with van der Waals surface area (Å²) in [6.45, 7) is 6.71. The lowest BCUT2D eigenvalue weighted by atomic mass is 9.93. The van der Waals surface area contributed by atoms with Gasteiger partial charge in [0.1, 0.15) is 0 Å². The van der Waals surface area contributed by atoms with E-state index in [0.717, 1.165) is 50.9 Å². The molecular weight excluding hydrogens is 274 g/mol. The minimum absolute atomic E-state index is 0.408. The summed E-state index contributed by atoms with van der Waals surface area (Å²) in [6, 6.07) is 0. The fourth-order valence-electron chi connectivity index (χ4n) is 4.12. The highest BCUT2D eigenvalue weighted by atomic mass is 16.2. The van der Waals surface area contributed by atoms with Crippen LogP contribution in [0.3, 0.4) is 0 Å². The van der Waals surface area contributed by atoms with Crippen molar-refractivity contribution in [3.05, 3.63) is 0 Å². The molecule has 0 aromatic rings. The molecule has 2 aliphatic heterocycles. The highest BCUT2D eigenvalue weighted by molar-refractivity contribution is 5.76. The summed E-state index contributed by atoms with van der Waals surface area (Å²) in [5.41, 5.74) is 0. The van der Waals surface area contributed by atoms with Crippen molar-refractivity contribution < 1.29 is 4.79 Å². The first-order valence-electron chi connectivity index (χ1n) is 9.37. The van der Waals surface area contributed by atoms with Crippen LogP contribution in [-0.4, -0.2) is 62.0 Å². The summed E-state index contributed by atoms with van der Waals surface area (Å²) >= 11 is 0. The molecule has 4 nitrogen and oxygen atoms in total. The molecule has 1 N–H and O–H groups in total. The molecule has 0 radical (unpaired) electrons. The van der Waals surface area contributed by atoms with Crippen molar-refractivity contribution in [2.45, 2.75) is 44.9 Å². The van der Waals surface area contributed by atoms with E-state index in [2.05, 4.69) is 22.2 Å². The van der Waals surface area contributed by atoms with Crippen LogP contribution in [0.2, 0.25) is 0 Å². The molecule has 1 saturated carbocycles. The van der Waals surface area contributed by atoms with Crippen molar-refractivity contribution >= 4 is 5.91 Å². The first-order valence-corrected chi connectivity index (χ1v) is 9.37. The van der Waals surface area contributed by atoms with Gasteiger partial charge in [0, 0.05) is 32.6 Å². The van der Waals surface area contributed by atoms with Crippen LogP contribution in [-0.2, 0) is 4.79 Å². The van der Waals surface area contributed by atoms with E-state index in [9.17, 15) is 4.79 Å². The van der Waals surface area contributed by atoms with E-state index in [1.54, 1.807) is 0 Å². The first kappa shape index (κ1) is 16.3. The summed E-state index contributed by atoms with van der Waals surface area (Å²) in [6.07, 6.45) is 8.43. The predicted octanol–water partition coefficient (Wildman–Crippen LogP) is 1.96. The number of rotatable bonds is 7. The highest BCUT2D eigenvalue weighted by Gasteiger charge is 2.29. The number of piperidine rings is 1. The zero-order chi connectivity index (χ0) is 15.4. The normalized spacial score (nSPS) is 26.8. The summed E-state index contributed by atoms with van der Waals surface area (Å²) in [5, 5.41) is 3.40. The van der Waals surface area contributed by atoms with Gasteiger partial charge in [-0.1, -0.05) is 0 Å². The highest BCUT2D eigenvalue weighted by Crippen LogP contribution is 2.30. The second kappa shape index (κ2) is 7.78. The monoisotopic (exact) mass is 307 g/mol. The van der Waals surface area contributed by atoms with Gasteiger partial charge in [0.15, 0.2) is 0 Å². The Balaban J connectivity index is 1.33. The van der Waals surface area contributed by atoms with Crippen molar-refractivity contribution in [1.29, 1.82) is 0 Å². The van der Waals surface area contributed by atoms with Gasteiger partial charge >= 0.3 is 0 Å². The number of hydrogen-bond acceptors (Lipinski definition) is 3. The Bertz CT molecular complexity index is 363. The van der Waals surface area contributed by atoms with Gasteiger partial charge < -0.3 is 15.1 Å². The van der Waals surface area contributed by atoms with Crippen LogP contribution in [0, 0.1) is 17.8 Å². The summed E-state index contributed by atoms with van der Waals surface area (Å²) in [7, 11) is 2.25. The Kier molecular flexibility index (Phi) is 5.75. The zero-order valence-corrected chi connectivity index (χ0v) is 14.2. The van der Waals surface area contributed by atoms with Gasteiger partial charge in [0.2, 0.25) is 5.91 Å². The van der Waals surface area contributed by atoms with Crippen molar-refractivity contribution in [3.8, 4) is 0 Å². The van der Waals surface area contributed by atoms with Gasteiger partial charge in [-0.2, -0.15) is 0 Å². The molecule has 126 valence electrons. The van der Waals surface area contributed by atoms with E-state index in [1.807, 2.05) is 0 Å². The maximum atomic E-state index is 12.4. The second-order valence-electron chi connectivity index (χ2n) is 7.89. The van der Waals surface area contributed by atoms with E-state index >= 15 is 0 Å². The van der Waals surface area contributed by atoms with E-state index in [-0.39, 0.29) is 0 Å². The Morgan fingerprint density at radius 1 is 1.05 bits per heavy atom. The Morgan fingerprint density at radius 2 is 1.77 bits per heavy atom. The van der Waals surface area contributed by atoms with Crippen LogP contribution in [0.15, 0.2) is 0 Å². The summed E-state index contributed by atoms with van der Waals surface area (Å²) in [4.78, 5) is 17.0. The van der Waals surface area contributed by atoms with Gasteiger partial charge in [-0.15, -0.1) is 0 Å². The van der Waals surface area contributed by atoms with Crippen molar-refractivity contribution in [2.24, 2.45) is 17.8 Å². The maximum Gasteiger partial charge on any atom is 0.222 e. The van der Waals surface area contributed by atoms with Gasteiger partial charge in [-0.05, 0) is 76.4 Å². The molecule has 4 heteroatoms. The topological polar surface area (TPSA) is 35.6 Å². The number of hydrogen-bond donors (Lipinski definition) is 1. The number of likely N-dealkylation sites (tertiary alicyclic amines) is 1. The predicted molar refractivity (Wildman–Crippen MR) is 89.7 cm³/mol. The van der Waals surface area contributed by atoms with Crippen molar-refractivity contribution in [2.75, 3.05) is 46.3 Å². The molecule has 0 spiro atoms. The molecule has 1 unspecified atom stereocenters. The van der Waals surface area contributed by atoms with E-state index in [1.165, 1.54) is 45.2 Å². The lowest BCUT2D eigenvalue weighted by Gasteiger charge is -2.24. The molecule has 3 rings (SSSR count). The van der Waals surface area contributed by atoms with Gasteiger partial charge in [0.05, 0.1) is 0 Å². The second-order valence-corrected chi connectivity index (χ2v) is 7.89. The molecule has 1 amide bonds. The van der Waals surface area contributed by atoms with Crippen LogP contribution in [0.4, 0.5) is 0 Å². The maximum absolute atomic E-state index is 12.4. The average Bonchev–Trinajstić information content (AvgIpc) is 3.21. The van der Waals surface area contributed by atoms with E-state index < -0.39 is 0 Å². The Hall–Kier alpha value is -0.610. The van der Waals surface area contributed by atoms with Gasteiger partial charge in [0.25, 0.3) is 0 Å². The summed E-state index contributed by atoms with van der Waals surface area (Å²) in [5.74, 6) is 2.85. The minimum atomic E-state index is 0.408. The van der Waals surface area contributed by atoms with Crippen molar-refractivity contribution in [1.82, 2.24) is 15.1 Å². The molecule has 3 fully saturated rings. The molecule has 2 heterocycles. The fourth-order valence-corrected chi connectivity index (χ4v) is 4.12. The summed E-state index contributed by atoms with van der Waals surface area (Å²) < 4.78 is 0. The van der Waals surface area contributed by atoms with Crippen LogP contribution in [0.1, 0.15) is 44.9 Å².